The van der Waals surface area contributed by atoms with Crippen LogP contribution < -0.4 is 5.32 Å². The molecular weight excluding hydrogens is 248 g/mol. The molecule has 1 N–H and O–H groups in total. The number of amides is 2. The molecule has 0 atom stereocenters. The SMILES string of the molecule is CC1CCN(C(=O)Nc2ccccc2C(C)(C)C)CC1. The van der Waals surface area contributed by atoms with Gasteiger partial charge in [0.1, 0.15) is 0 Å². The van der Waals surface area contributed by atoms with Crippen LogP contribution in [0.2, 0.25) is 0 Å². The summed E-state index contributed by atoms with van der Waals surface area (Å²) in [5.74, 6) is 0.737. The van der Waals surface area contributed by atoms with E-state index in [1.54, 1.807) is 0 Å². The molecule has 0 saturated carbocycles. The number of carbonyl (C=O) groups excluding carboxylic acids is 1. The molecule has 3 heteroatoms. The third-order valence-electron chi connectivity index (χ3n) is 4.05. The lowest BCUT2D eigenvalue weighted by molar-refractivity contribution is 0.186. The number of rotatable bonds is 1. The van der Waals surface area contributed by atoms with Crippen molar-refractivity contribution in [1.82, 2.24) is 4.90 Å². The third-order valence-corrected chi connectivity index (χ3v) is 4.05. The normalized spacial score (nSPS) is 17.1. The molecule has 0 aliphatic carbocycles. The second-order valence-corrected chi connectivity index (χ2v) is 6.90. The Balaban J connectivity index is 2.08. The molecule has 0 aromatic heterocycles. The van der Waals surface area contributed by atoms with E-state index in [4.69, 9.17) is 0 Å². The Morgan fingerprint density at radius 1 is 1.20 bits per heavy atom. The van der Waals surface area contributed by atoms with Crippen molar-refractivity contribution in [3.63, 3.8) is 0 Å². The highest BCUT2D eigenvalue weighted by Gasteiger charge is 2.23. The van der Waals surface area contributed by atoms with Crippen LogP contribution in [0, 0.1) is 5.92 Å². The van der Waals surface area contributed by atoms with Crippen molar-refractivity contribution in [2.24, 2.45) is 5.92 Å². The van der Waals surface area contributed by atoms with Crippen molar-refractivity contribution in [3.05, 3.63) is 29.8 Å². The van der Waals surface area contributed by atoms with Gasteiger partial charge in [-0.1, -0.05) is 45.9 Å². The molecule has 20 heavy (non-hydrogen) atoms. The van der Waals surface area contributed by atoms with E-state index in [0.29, 0.717) is 0 Å². The van der Waals surface area contributed by atoms with Crippen LogP contribution in [0.15, 0.2) is 24.3 Å². The first-order chi connectivity index (χ1) is 9.38. The number of piperidine rings is 1. The predicted molar refractivity (Wildman–Crippen MR) is 84.1 cm³/mol. The zero-order chi connectivity index (χ0) is 14.8. The molecule has 1 aliphatic heterocycles. The van der Waals surface area contributed by atoms with Gasteiger partial charge in [0.25, 0.3) is 0 Å². The van der Waals surface area contributed by atoms with E-state index in [9.17, 15) is 4.79 Å². The highest BCUT2D eigenvalue weighted by molar-refractivity contribution is 5.90. The average molecular weight is 274 g/mol. The molecule has 2 amide bonds. The van der Waals surface area contributed by atoms with Gasteiger partial charge < -0.3 is 10.2 Å². The largest absolute Gasteiger partial charge is 0.325 e. The standard InChI is InChI=1S/C17H26N2O/c1-13-9-11-19(12-10-13)16(20)18-15-8-6-5-7-14(15)17(2,3)4/h5-8,13H,9-12H2,1-4H3,(H,18,20). The molecule has 2 rings (SSSR count). The molecule has 1 aliphatic rings. The maximum Gasteiger partial charge on any atom is 0.321 e. The number of likely N-dealkylation sites (tertiary alicyclic amines) is 1. The monoisotopic (exact) mass is 274 g/mol. The highest BCUT2D eigenvalue weighted by atomic mass is 16.2. The third kappa shape index (κ3) is 3.53. The minimum Gasteiger partial charge on any atom is -0.325 e. The van der Waals surface area contributed by atoms with Crippen LogP contribution in [0.5, 0.6) is 0 Å². The van der Waals surface area contributed by atoms with Crippen molar-refractivity contribution in [3.8, 4) is 0 Å². The Bertz CT molecular complexity index is 468. The Labute approximate surface area is 122 Å². The maximum absolute atomic E-state index is 12.4. The van der Waals surface area contributed by atoms with Gasteiger partial charge in [0.05, 0.1) is 0 Å². The molecule has 1 fully saturated rings. The number of anilines is 1. The first kappa shape index (κ1) is 14.9. The molecule has 1 saturated heterocycles. The van der Waals surface area contributed by atoms with Gasteiger partial charge in [-0.05, 0) is 35.8 Å². The van der Waals surface area contributed by atoms with Gasteiger partial charge in [-0.25, -0.2) is 4.79 Å². The summed E-state index contributed by atoms with van der Waals surface area (Å²) in [6.07, 6.45) is 2.21. The molecule has 1 aromatic rings. The number of carbonyl (C=O) groups is 1. The van der Waals surface area contributed by atoms with E-state index in [1.807, 2.05) is 23.1 Å². The summed E-state index contributed by atoms with van der Waals surface area (Å²) in [5, 5.41) is 3.09. The zero-order valence-electron chi connectivity index (χ0n) is 13.1. The van der Waals surface area contributed by atoms with Gasteiger partial charge in [0.2, 0.25) is 0 Å². The summed E-state index contributed by atoms with van der Waals surface area (Å²) in [6, 6.07) is 8.12. The lowest BCUT2D eigenvalue weighted by Crippen LogP contribution is -2.40. The average Bonchev–Trinajstić information content (AvgIpc) is 2.38. The van der Waals surface area contributed by atoms with Crippen LogP contribution >= 0.6 is 0 Å². The summed E-state index contributed by atoms with van der Waals surface area (Å²) in [5.41, 5.74) is 2.14. The molecule has 0 radical (unpaired) electrons. The summed E-state index contributed by atoms with van der Waals surface area (Å²) in [4.78, 5) is 14.3. The quantitative estimate of drug-likeness (QED) is 0.816. The Morgan fingerprint density at radius 3 is 2.40 bits per heavy atom. The van der Waals surface area contributed by atoms with Crippen LogP contribution in [0.4, 0.5) is 10.5 Å². The predicted octanol–water partition coefficient (Wildman–Crippen LogP) is 4.25. The summed E-state index contributed by atoms with van der Waals surface area (Å²) in [6.45, 7) is 10.5. The first-order valence-corrected chi connectivity index (χ1v) is 7.53. The number of nitrogens with zero attached hydrogens (tertiary/aromatic N) is 1. The van der Waals surface area contributed by atoms with E-state index >= 15 is 0 Å². The van der Waals surface area contributed by atoms with Gasteiger partial charge in [-0.15, -0.1) is 0 Å². The molecule has 1 aromatic carbocycles. The Morgan fingerprint density at radius 2 is 1.80 bits per heavy atom. The second kappa shape index (κ2) is 5.86. The van der Waals surface area contributed by atoms with Crippen LogP contribution in [0.25, 0.3) is 0 Å². The van der Waals surface area contributed by atoms with E-state index in [-0.39, 0.29) is 11.4 Å². The Hall–Kier alpha value is -1.51. The molecular formula is C17H26N2O. The summed E-state index contributed by atoms with van der Waals surface area (Å²) >= 11 is 0. The second-order valence-electron chi connectivity index (χ2n) is 6.90. The number of urea groups is 1. The number of nitrogens with one attached hydrogen (secondary N) is 1. The van der Waals surface area contributed by atoms with E-state index in [2.05, 4.69) is 39.1 Å². The van der Waals surface area contributed by atoms with Crippen molar-refractivity contribution in [2.75, 3.05) is 18.4 Å². The summed E-state index contributed by atoms with van der Waals surface area (Å²) in [7, 11) is 0. The smallest absolute Gasteiger partial charge is 0.321 e. The molecule has 0 spiro atoms. The van der Waals surface area contributed by atoms with Gasteiger partial charge in [0.15, 0.2) is 0 Å². The lowest BCUT2D eigenvalue weighted by atomic mass is 9.86. The van der Waals surface area contributed by atoms with E-state index in [0.717, 1.165) is 37.5 Å². The van der Waals surface area contributed by atoms with Gasteiger partial charge >= 0.3 is 6.03 Å². The number of hydrogen-bond acceptors (Lipinski definition) is 1. The number of benzene rings is 1. The van der Waals surface area contributed by atoms with Gasteiger partial charge in [0, 0.05) is 18.8 Å². The fraction of sp³-hybridized carbons (Fsp3) is 0.588. The molecule has 110 valence electrons. The molecule has 0 bridgehead atoms. The van der Waals surface area contributed by atoms with Crippen LogP contribution in [0.3, 0.4) is 0 Å². The van der Waals surface area contributed by atoms with Crippen molar-refractivity contribution in [2.45, 2.75) is 46.0 Å². The number of hydrogen-bond donors (Lipinski definition) is 1. The van der Waals surface area contributed by atoms with Crippen LogP contribution in [0.1, 0.15) is 46.1 Å². The topological polar surface area (TPSA) is 32.3 Å². The minimum absolute atomic E-state index is 0.0281. The maximum atomic E-state index is 12.4. The molecule has 3 nitrogen and oxygen atoms in total. The van der Waals surface area contributed by atoms with Crippen LogP contribution in [-0.4, -0.2) is 24.0 Å². The van der Waals surface area contributed by atoms with Gasteiger partial charge in [-0.2, -0.15) is 0 Å². The highest BCUT2D eigenvalue weighted by Crippen LogP contribution is 2.29. The fourth-order valence-electron chi connectivity index (χ4n) is 2.65. The van der Waals surface area contributed by atoms with Crippen molar-refractivity contribution >= 4 is 11.7 Å². The van der Waals surface area contributed by atoms with Crippen LogP contribution in [-0.2, 0) is 5.41 Å². The fourth-order valence-corrected chi connectivity index (χ4v) is 2.65. The van der Waals surface area contributed by atoms with Crippen molar-refractivity contribution < 1.29 is 4.79 Å². The molecule has 0 unspecified atom stereocenters. The number of para-hydroxylation sites is 1. The zero-order valence-corrected chi connectivity index (χ0v) is 13.1. The van der Waals surface area contributed by atoms with Crippen molar-refractivity contribution in [1.29, 1.82) is 0 Å². The molecule has 1 heterocycles. The lowest BCUT2D eigenvalue weighted by Gasteiger charge is -2.31. The first-order valence-electron chi connectivity index (χ1n) is 7.53. The Kier molecular flexibility index (Phi) is 4.36. The van der Waals surface area contributed by atoms with E-state index < -0.39 is 0 Å². The van der Waals surface area contributed by atoms with E-state index in [1.165, 1.54) is 5.56 Å². The van der Waals surface area contributed by atoms with Gasteiger partial charge in [-0.3, -0.25) is 0 Å². The summed E-state index contributed by atoms with van der Waals surface area (Å²) < 4.78 is 0. The minimum atomic E-state index is 0.0281.